The van der Waals surface area contributed by atoms with Crippen molar-refractivity contribution in [3.63, 3.8) is 0 Å². The van der Waals surface area contributed by atoms with Gasteiger partial charge in [-0.2, -0.15) is 0 Å². The highest BCUT2D eigenvalue weighted by molar-refractivity contribution is 8.76. The normalized spacial score (nSPS) is 15.4. The summed E-state index contributed by atoms with van der Waals surface area (Å²) in [6.07, 6.45) is -0.475. The maximum Gasteiger partial charge on any atom is 0.245 e. The molecule has 36 heteroatoms. The molecule has 30 N–H and O–H groups in total. The number of carbonyl (C=O) groups excluding carboxylic acids is 12. The minimum Gasteiger partial charge on any atom is -0.394 e. The van der Waals surface area contributed by atoms with Crippen molar-refractivity contribution < 1.29 is 67.7 Å². The SMILES string of the molecule is CC[C@H](C)[C@H](NC(=O)[C@H](CC(N)=O)NC(=O)[C@@H](N)CSSC[C@H](N)C(=O)N[C@@H](CC(N)=O)C(=O)N[C@H](C(=O)N[C@@H](CO)C(=O)N[C@@H](CCCN=C(N)N)C(N)=O)[C@@H](C)CC)C(=O)N[C@@H](CO)C(=O)N[C@@H](CCCN=C(N)N)C(N)=O. The number of hydrogen-bond donors (Lipinski definition) is 20. The van der Waals surface area contributed by atoms with Crippen molar-refractivity contribution in [3.8, 4) is 0 Å². The number of aliphatic imine (C=N–C) groups is 2. The molecule has 0 spiro atoms. The number of amides is 12. The van der Waals surface area contributed by atoms with Gasteiger partial charge in [0.05, 0.1) is 38.1 Å². The van der Waals surface area contributed by atoms with Crippen LogP contribution in [0.3, 0.4) is 0 Å². The first-order valence-electron chi connectivity index (χ1n) is 25.1. The van der Waals surface area contributed by atoms with Crippen LogP contribution in [-0.2, 0) is 57.5 Å². The van der Waals surface area contributed by atoms with Gasteiger partial charge in [-0.3, -0.25) is 67.5 Å². The van der Waals surface area contributed by atoms with E-state index in [9.17, 15) is 67.7 Å². The molecule has 0 heterocycles. The quantitative estimate of drug-likeness (QED) is 0.0117. The fourth-order valence-electron chi connectivity index (χ4n) is 6.72. The van der Waals surface area contributed by atoms with Crippen molar-refractivity contribution in [1.82, 2.24) is 42.5 Å². The highest BCUT2D eigenvalue weighted by Crippen LogP contribution is 2.22. The van der Waals surface area contributed by atoms with Gasteiger partial charge in [-0.15, -0.1) is 0 Å². The van der Waals surface area contributed by atoms with Gasteiger partial charge >= 0.3 is 0 Å². The van der Waals surface area contributed by atoms with Crippen LogP contribution in [0.1, 0.15) is 79.1 Å². The minimum absolute atomic E-state index is 0.00715. The third kappa shape index (κ3) is 28.6. The number of nitrogens with two attached hydrogens (primary N) is 10. The smallest absolute Gasteiger partial charge is 0.245 e. The molecular weight excluding hydrogens is 1100 g/mol. The van der Waals surface area contributed by atoms with E-state index in [-0.39, 0.29) is 75.0 Å². The summed E-state index contributed by atoms with van der Waals surface area (Å²) in [5.41, 5.74) is 54.9. The Hall–Kier alpha value is -7.28. The Labute approximate surface area is 469 Å². The number of hydrogen-bond acceptors (Lipinski definition) is 20. The van der Waals surface area contributed by atoms with E-state index >= 15 is 0 Å². The predicted molar refractivity (Wildman–Crippen MR) is 295 cm³/mol. The molecule has 0 aromatic rings. The average molecular weight is 1180 g/mol. The summed E-state index contributed by atoms with van der Waals surface area (Å²) < 4.78 is 0. The summed E-state index contributed by atoms with van der Waals surface area (Å²) in [4.78, 5) is 162. The van der Waals surface area contributed by atoms with Crippen molar-refractivity contribution in [1.29, 1.82) is 0 Å². The second kappa shape index (κ2) is 38.3. The third-order valence-electron chi connectivity index (χ3n) is 11.8. The van der Waals surface area contributed by atoms with Gasteiger partial charge in [0.2, 0.25) is 70.9 Å². The molecule has 12 amide bonds. The summed E-state index contributed by atoms with van der Waals surface area (Å²) in [6.45, 7) is 4.83. The zero-order chi connectivity index (χ0) is 61.4. The van der Waals surface area contributed by atoms with E-state index in [2.05, 4.69) is 52.5 Å². The molecule has 0 radical (unpaired) electrons. The number of nitrogens with zero attached hydrogens (tertiary/aromatic N) is 2. The van der Waals surface area contributed by atoms with Gasteiger partial charge in [-0.05, 0) is 37.5 Å². The van der Waals surface area contributed by atoms with Crippen molar-refractivity contribution in [3.05, 3.63) is 0 Å². The Bertz CT molecular complexity index is 2040. The molecule has 0 aliphatic carbocycles. The Morgan fingerprint density at radius 3 is 0.975 bits per heavy atom. The minimum atomic E-state index is -1.67. The van der Waals surface area contributed by atoms with Crippen LogP contribution in [0.2, 0.25) is 0 Å². The lowest BCUT2D eigenvalue weighted by Gasteiger charge is -2.28. The summed E-state index contributed by atoms with van der Waals surface area (Å²) in [5, 5.41) is 38.8. The van der Waals surface area contributed by atoms with Crippen molar-refractivity contribution in [2.45, 2.75) is 139 Å². The van der Waals surface area contributed by atoms with Crippen LogP contribution in [0.4, 0.5) is 0 Å². The van der Waals surface area contributed by atoms with Crippen LogP contribution in [0.15, 0.2) is 9.98 Å². The standard InChI is InChI=1S/C44H82N20O14S2/c1-5-19(3)31(41(77)61-27(15-65)39(75)57-23(33(49)69)9-7-11-55-43(51)52)63-37(73)25(13-29(47)67)59-35(71)21(45)17-79-80-18-22(46)36(72)60-26(14-30(48)68)38(74)64-32(20(4)6-2)42(78)62-28(16-66)40(76)58-24(34(50)70)10-8-12-56-44(53)54/h19-28,31-32,65-66H,5-18,45-46H2,1-4H3,(H2,47,67)(H2,48,68)(H2,49,69)(H2,50,70)(H,57,75)(H,58,76)(H,59,71)(H,60,72)(H,61,77)(H,62,78)(H,63,73)(H,64,74)(H4,51,52,55)(H4,53,54,56)/t19-,20-,21-,22-,23-,24-,25-,26-,27-,28-,31-,32-/m0/s1. The molecule has 0 saturated heterocycles. The lowest BCUT2D eigenvalue weighted by molar-refractivity contribution is -0.136. The molecule has 0 bridgehead atoms. The molecular formula is C44H82N20O14S2. The van der Waals surface area contributed by atoms with Crippen molar-refractivity contribution >= 4 is 104 Å². The number of primary amides is 4. The maximum absolute atomic E-state index is 13.6. The van der Waals surface area contributed by atoms with E-state index in [1.807, 2.05) is 0 Å². The largest absolute Gasteiger partial charge is 0.394 e. The molecule has 0 aromatic heterocycles. The lowest BCUT2D eigenvalue weighted by atomic mass is 9.97. The first-order valence-corrected chi connectivity index (χ1v) is 27.6. The van der Waals surface area contributed by atoms with Crippen LogP contribution in [0.25, 0.3) is 0 Å². The Morgan fingerprint density at radius 1 is 0.425 bits per heavy atom. The first-order chi connectivity index (χ1) is 37.4. The summed E-state index contributed by atoms with van der Waals surface area (Å²) >= 11 is 0. The summed E-state index contributed by atoms with van der Waals surface area (Å²) in [7, 11) is 1.90. The van der Waals surface area contributed by atoms with E-state index in [0.717, 1.165) is 21.6 Å². The highest BCUT2D eigenvalue weighted by Gasteiger charge is 2.36. The number of carbonyl (C=O) groups is 12. The number of rotatable bonds is 41. The van der Waals surface area contributed by atoms with Gasteiger partial charge in [-0.1, -0.05) is 62.1 Å². The molecule has 0 aromatic carbocycles. The molecule has 0 aliphatic rings. The number of aliphatic hydroxyl groups is 2. The van der Waals surface area contributed by atoms with E-state index in [1.165, 1.54) is 0 Å². The number of aliphatic hydroxyl groups excluding tert-OH is 2. The predicted octanol–water partition coefficient (Wildman–Crippen LogP) is -10.2. The summed E-state index contributed by atoms with van der Waals surface area (Å²) in [6, 6.07) is -14.6. The third-order valence-corrected chi connectivity index (χ3v) is 14.2. The molecule has 0 rings (SSSR count). The summed E-state index contributed by atoms with van der Waals surface area (Å²) in [5.74, 6) is -13.8. The van der Waals surface area contributed by atoms with Crippen molar-refractivity contribution in [2.75, 3.05) is 37.8 Å². The molecule has 12 atom stereocenters. The fourth-order valence-corrected chi connectivity index (χ4v) is 8.96. The number of guanidine groups is 2. The molecule has 34 nitrogen and oxygen atoms in total. The zero-order valence-electron chi connectivity index (χ0n) is 45.1. The Morgan fingerprint density at radius 2 is 0.713 bits per heavy atom. The van der Waals surface area contributed by atoms with Crippen LogP contribution >= 0.6 is 21.6 Å². The number of nitrogens with one attached hydrogen (secondary N) is 8. The highest BCUT2D eigenvalue weighted by atomic mass is 33.1. The molecule has 80 heavy (non-hydrogen) atoms. The fraction of sp³-hybridized carbons (Fsp3) is 0.682. The van der Waals surface area contributed by atoms with Crippen LogP contribution < -0.4 is 99.9 Å². The Balaban J connectivity index is 5.79. The molecule has 454 valence electrons. The molecule has 0 saturated carbocycles. The van der Waals surface area contributed by atoms with Crippen molar-refractivity contribution in [2.24, 2.45) is 79.2 Å². The second-order valence-corrected chi connectivity index (χ2v) is 20.9. The van der Waals surface area contributed by atoms with E-state index < -0.39 is 169 Å². The second-order valence-electron chi connectivity index (χ2n) is 18.3. The van der Waals surface area contributed by atoms with E-state index in [0.29, 0.717) is 0 Å². The van der Waals surface area contributed by atoms with Gasteiger partial charge in [0.1, 0.15) is 48.3 Å². The van der Waals surface area contributed by atoms with Crippen LogP contribution in [0, 0.1) is 11.8 Å². The topological polar surface area (TPSA) is 626 Å². The zero-order valence-corrected chi connectivity index (χ0v) is 46.7. The molecule has 0 fully saturated rings. The van der Waals surface area contributed by atoms with Crippen LogP contribution in [-0.4, -0.2) is 191 Å². The van der Waals surface area contributed by atoms with Gasteiger partial charge in [0.15, 0.2) is 11.9 Å². The van der Waals surface area contributed by atoms with Gasteiger partial charge in [-0.25, -0.2) is 0 Å². The van der Waals surface area contributed by atoms with Gasteiger partial charge in [0, 0.05) is 24.6 Å². The average Bonchev–Trinajstić information content (AvgIpc) is 3.38. The van der Waals surface area contributed by atoms with Gasteiger partial charge < -0.3 is 110 Å². The van der Waals surface area contributed by atoms with Gasteiger partial charge in [0.25, 0.3) is 0 Å². The molecule has 0 unspecified atom stereocenters. The lowest BCUT2D eigenvalue weighted by Crippen LogP contribution is -2.61. The monoisotopic (exact) mass is 1180 g/mol. The van der Waals surface area contributed by atoms with E-state index in [1.54, 1.807) is 27.7 Å². The van der Waals surface area contributed by atoms with Crippen LogP contribution in [0.5, 0.6) is 0 Å². The Kier molecular flexibility index (Phi) is 34.9. The first kappa shape index (κ1) is 72.7. The van der Waals surface area contributed by atoms with E-state index in [4.69, 9.17) is 57.3 Å². The maximum atomic E-state index is 13.6. The molecule has 0 aliphatic heterocycles.